The summed E-state index contributed by atoms with van der Waals surface area (Å²) in [6.07, 6.45) is -0.0282. The number of carbonyl (C=O) groups is 3. The standard InChI is InChI=1S/C13H13FN2O3/c1-2-16(10-7-11(17)15-12(10)18)13(19)8-3-5-9(14)6-4-8/h3-6,10H,2,7H2,1H3,(H,15,17,18)/t10-/m0/s1. The van der Waals surface area contributed by atoms with Gasteiger partial charge in [0.2, 0.25) is 11.8 Å². The third-order valence-corrected chi connectivity index (χ3v) is 3.01. The molecule has 1 N–H and O–H groups in total. The monoisotopic (exact) mass is 264 g/mol. The Labute approximate surface area is 109 Å². The summed E-state index contributed by atoms with van der Waals surface area (Å²) in [5, 5.41) is 2.17. The van der Waals surface area contributed by atoms with Crippen LogP contribution in [0.25, 0.3) is 0 Å². The molecular formula is C13H13FN2O3. The summed E-state index contributed by atoms with van der Waals surface area (Å²) >= 11 is 0. The Balaban J connectivity index is 2.22. The lowest BCUT2D eigenvalue weighted by atomic mass is 10.1. The number of rotatable bonds is 3. The maximum absolute atomic E-state index is 12.8. The Kier molecular flexibility index (Phi) is 3.59. The molecule has 0 spiro atoms. The average Bonchev–Trinajstić information content (AvgIpc) is 2.70. The van der Waals surface area contributed by atoms with Crippen LogP contribution in [-0.4, -0.2) is 35.2 Å². The molecule has 1 aliphatic heterocycles. The predicted octanol–water partition coefficient (Wildman–Crippen LogP) is 0.703. The van der Waals surface area contributed by atoms with Gasteiger partial charge in [0.1, 0.15) is 11.9 Å². The fraction of sp³-hybridized carbons (Fsp3) is 0.308. The van der Waals surface area contributed by atoms with Crippen molar-refractivity contribution in [2.75, 3.05) is 6.54 Å². The first kappa shape index (κ1) is 13.2. The normalized spacial score (nSPS) is 18.3. The second-order valence-electron chi connectivity index (χ2n) is 4.23. The first-order valence-electron chi connectivity index (χ1n) is 5.93. The van der Waals surface area contributed by atoms with E-state index in [1.165, 1.54) is 29.2 Å². The molecule has 1 heterocycles. The molecule has 1 aromatic carbocycles. The van der Waals surface area contributed by atoms with Gasteiger partial charge in [-0.1, -0.05) is 0 Å². The third kappa shape index (κ3) is 2.62. The van der Waals surface area contributed by atoms with E-state index in [4.69, 9.17) is 0 Å². The SMILES string of the molecule is CCN(C(=O)c1ccc(F)cc1)[C@H]1CC(=O)NC1=O. The van der Waals surface area contributed by atoms with Gasteiger partial charge in [-0.3, -0.25) is 19.7 Å². The van der Waals surface area contributed by atoms with E-state index in [2.05, 4.69) is 5.32 Å². The fourth-order valence-electron chi connectivity index (χ4n) is 2.06. The molecule has 19 heavy (non-hydrogen) atoms. The Bertz CT molecular complexity index is 527. The van der Waals surface area contributed by atoms with Crippen molar-refractivity contribution < 1.29 is 18.8 Å². The minimum absolute atomic E-state index is 0.0282. The van der Waals surface area contributed by atoms with Crippen LogP contribution in [0.4, 0.5) is 4.39 Å². The topological polar surface area (TPSA) is 66.5 Å². The Morgan fingerprint density at radius 2 is 2.00 bits per heavy atom. The van der Waals surface area contributed by atoms with Crippen molar-refractivity contribution in [3.8, 4) is 0 Å². The lowest BCUT2D eigenvalue weighted by molar-refractivity contribution is -0.126. The number of hydrogen-bond acceptors (Lipinski definition) is 3. The summed E-state index contributed by atoms with van der Waals surface area (Å²) in [5.74, 6) is -1.69. The minimum Gasteiger partial charge on any atom is -0.326 e. The first-order chi connectivity index (χ1) is 9.02. The van der Waals surface area contributed by atoms with Gasteiger partial charge in [0.05, 0.1) is 6.42 Å². The van der Waals surface area contributed by atoms with Gasteiger partial charge in [0.15, 0.2) is 0 Å². The van der Waals surface area contributed by atoms with Crippen LogP contribution in [0.2, 0.25) is 0 Å². The van der Waals surface area contributed by atoms with E-state index >= 15 is 0 Å². The summed E-state index contributed by atoms with van der Waals surface area (Å²) in [4.78, 5) is 36.3. The highest BCUT2D eigenvalue weighted by Gasteiger charge is 2.37. The Morgan fingerprint density at radius 1 is 1.37 bits per heavy atom. The zero-order valence-corrected chi connectivity index (χ0v) is 10.4. The number of nitrogens with one attached hydrogen (secondary N) is 1. The third-order valence-electron chi connectivity index (χ3n) is 3.01. The molecule has 0 aromatic heterocycles. The molecule has 0 radical (unpaired) electrons. The van der Waals surface area contributed by atoms with Crippen LogP contribution in [0, 0.1) is 5.82 Å². The van der Waals surface area contributed by atoms with Crippen molar-refractivity contribution in [2.24, 2.45) is 0 Å². The lowest BCUT2D eigenvalue weighted by Crippen LogP contribution is -2.44. The number of imide groups is 1. The molecular weight excluding hydrogens is 251 g/mol. The van der Waals surface area contributed by atoms with Crippen LogP contribution in [0.15, 0.2) is 24.3 Å². The molecule has 0 bridgehead atoms. The van der Waals surface area contributed by atoms with Gasteiger partial charge in [0.25, 0.3) is 5.91 Å². The number of hydrogen-bond donors (Lipinski definition) is 1. The van der Waals surface area contributed by atoms with E-state index < -0.39 is 23.7 Å². The average molecular weight is 264 g/mol. The van der Waals surface area contributed by atoms with Gasteiger partial charge in [-0.2, -0.15) is 0 Å². The van der Waals surface area contributed by atoms with E-state index in [9.17, 15) is 18.8 Å². The van der Waals surface area contributed by atoms with E-state index in [0.29, 0.717) is 6.54 Å². The van der Waals surface area contributed by atoms with Crippen molar-refractivity contribution in [1.82, 2.24) is 10.2 Å². The highest BCUT2D eigenvalue weighted by atomic mass is 19.1. The van der Waals surface area contributed by atoms with Gasteiger partial charge in [-0.25, -0.2) is 4.39 Å². The van der Waals surface area contributed by atoms with Gasteiger partial charge in [-0.15, -0.1) is 0 Å². The summed E-state index contributed by atoms with van der Waals surface area (Å²) in [6, 6.07) is 4.29. The van der Waals surface area contributed by atoms with Crippen molar-refractivity contribution >= 4 is 17.7 Å². The molecule has 1 aromatic rings. The molecule has 0 saturated carbocycles. The lowest BCUT2D eigenvalue weighted by Gasteiger charge is -2.25. The van der Waals surface area contributed by atoms with E-state index in [0.717, 1.165) is 0 Å². The van der Waals surface area contributed by atoms with Crippen LogP contribution < -0.4 is 5.32 Å². The highest BCUT2D eigenvalue weighted by molar-refractivity contribution is 6.08. The first-order valence-corrected chi connectivity index (χ1v) is 5.93. The highest BCUT2D eigenvalue weighted by Crippen LogP contribution is 2.15. The largest absolute Gasteiger partial charge is 0.326 e. The zero-order chi connectivity index (χ0) is 14.0. The molecule has 0 unspecified atom stereocenters. The number of carbonyl (C=O) groups excluding carboxylic acids is 3. The molecule has 1 atom stereocenters. The molecule has 6 heteroatoms. The summed E-state index contributed by atoms with van der Waals surface area (Å²) in [7, 11) is 0. The number of nitrogens with zero attached hydrogens (tertiary/aromatic N) is 1. The van der Waals surface area contributed by atoms with Gasteiger partial charge >= 0.3 is 0 Å². The summed E-state index contributed by atoms with van der Waals surface area (Å²) < 4.78 is 12.8. The van der Waals surface area contributed by atoms with E-state index in [1.807, 2.05) is 0 Å². The van der Waals surface area contributed by atoms with Crippen molar-refractivity contribution in [3.63, 3.8) is 0 Å². The van der Waals surface area contributed by atoms with Crippen LogP contribution in [-0.2, 0) is 9.59 Å². The van der Waals surface area contributed by atoms with Gasteiger partial charge in [-0.05, 0) is 31.2 Å². The maximum Gasteiger partial charge on any atom is 0.254 e. The smallest absolute Gasteiger partial charge is 0.254 e. The summed E-state index contributed by atoms with van der Waals surface area (Å²) in [5.41, 5.74) is 0.287. The quantitative estimate of drug-likeness (QED) is 0.817. The van der Waals surface area contributed by atoms with Crippen LogP contribution in [0.1, 0.15) is 23.7 Å². The fourth-order valence-corrected chi connectivity index (χ4v) is 2.06. The Morgan fingerprint density at radius 3 is 2.47 bits per heavy atom. The Hall–Kier alpha value is -2.24. The van der Waals surface area contributed by atoms with Crippen molar-refractivity contribution in [1.29, 1.82) is 0 Å². The van der Waals surface area contributed by atoms with Crippen LogP contribution in [0.5, 0.6) is 0 Å². The van der Waals surface area contributed by atoms with Crippen molar-refractivity contribution in [2.45, 2.75) is 19.4 Å². The predicted molar refractivity (Wildman–Crippen MR) is 64.7 cm³/mol. The van der Waals surface area contributed by atoms with E-state index in [1.54, 1.807) is 6.92 Å². The van der Waals surface area contributed by atoms with Gasteiger partial charge in [0, 0.05) is 12.1 Å². The van der Waals surface area contributed by atoms with Crippen LogP contribution >= 0.6 is 0 Å². The molecule has 3 amide bonds. The molecule has 1 saturated heterocycles. The second kappa shape index (κ2) is 5.17. The molecule has 2 rings (SSSR count). The second-order valence-corrected chi connectivity index (χ2v) is 4.23. The number of benzene rings is 1. The zero-order valence-electron chi connectivity index (χ0n) is 10.4. The van der Waals surface area contributed by atoms with Gasteiger partial charge < -0.3 is 4.90 Å². The molecule has 0 aliphatic carbocycles. The molecule has 1 aliphatic rings. The maximum atomic E-state index is 12.8. The minimum atomic E-state index is -0.782. The van der Waals surface area contributed by atoms with Crippen LogP contribution in [0.3, 0.4) is 0 Å². The molecule has 100 valence electrons. The number of halogens is 1. The number of amides is 3. The molecule has 5 nitrogen and oxygen atoms in total. The molecule has 1 fully saturated rings. The number of likely N-dealkylation sites (N-methyl/N-ethyl adjacent to an activating group) is 1. The van der Waals surface area contributed by atoms with Crippen molar-refractivity contribution in [3.05, 3.63) is 35.6 Å². The summed E-state index contributed by atoms with van der Waals surface area (Å²) in [6.45, 7) is 2.01. The van der Waals surface area contributed by atoms with E-state index in [-0.39, 0.29) is 17.9 Å².